The fourth-order valence-electron chi connectivity index (χ4n) is 1.91. The van der Waals surface area contributed by atoms with E-state index in [0.29, 0.717) is 19.8 Å². The number of rotatable bonds is 7. The minimum atomic E-state index is 0. The second kappa shape index (κ2) is 8.93. The molecule has 0 fully saturated rings. The fourth-order valence-corrected chi connectivity index (χ4v) is 1.91. The van der Waals surface area contributed by atoms with Gasteiger partial charge >= 0.3 is 0 Å². The van der Waals surface area contributed by atoms with Crippen molar-refractivity contribution in [2.75, 3.05) is 32.9 Å². The maximum absolute atomic E-state index is 5.74. The first-order valence-corrected chi connectivity index (χ1v) is 6.99. The molecule has 1 N–H and O–H groups in total. The van der Waals surface area contributed by atoms with Crippen molar-refractivity contribution < 1.29 is 26.6 Å². The average Bonchev–Trinajstić information content (AvgIpc) is 2.42. The summed E-state index contributed by atoms with van der Waals surface area (Å²) in [6.45, 7) is 8.16. The van der Waals surface area contributed by atoms with E-state index in [9.17, 15) is 0 Å². The highest BCUT2D eigenvalue weighted by molar-refractivity contribution is 5.51. The van der Waals surface area contributed by atoms with Crippen LogP contribution in [0.25, 0.3) is 0 Å². The minimum Gasteiger partial charge on any atom is -1.00 e. The van der Waals surface area contributed by atoms with E-state index in [0.717, 1.165) is 36.3 Å². The summed E-state index contributed by atoms with van der Waals surface area (Å²) in [6, 6.07) is 5.75. The lowest BCUT2D eigenvalue weighted by Gasteiger charge is -2.20. The Labute approximate surface area is 127 Å². The van der Waals surface area contributed by atoms with Gasteiger partial charge in [0.1, 0.15) is 19.8 Å². The molecule has 1 aromatic carbocycles. The van der Waals surface area contributed by atoms with Crippen molar-refractivity contribution in [3.63, 3.8) is 0 Å². The number of hydrogen-bond donors (Lipinski definition) is 1. The quantitative estimate of drug-likeness (QED) is 0.688. The van der Waals surface area contributed by atoms with Gasteiger partial charge in [-0.2, -0.15) is 0 Å². The summed E-state index contributed by atoms with van der Waals surface area (Å²) in [5.41, 5.74) is 0. The monoisotopic (exact) mass is 300 g/mol. The maximum atomic E-state index is 5.74. The van der Waals surface area contributed by atoms with Gasteiger partial charge in [-0.3, -0.25) is 0 Å². The molecule has 0 saturated heterocycles. The second-order valence-electron chi connectivity index (χ2n) is 5.06. The Morgan fingerprint density at radius 3 is 2.80 bits per heavy atom. The molecule has 1 heterocycles. The molecule has 0 saturated carbocycles. The van der Waals surface area contributed by atoms with Gasteiger partial charge in [0.05, 0.1) is 0 Å². The molecule has 0 aliphatic carbocycles. The van der Waals surface area contributed by atoms with Crippen molar-refractivity contribution in [1.82, 2.24) is 5.32 Å². The van der Waals surface area contributed by atoms with Gasteiger partial charge in [0.15, 0.2) is 11.5 Å². The third kappa shape index (κ3) is 5.10. The van der Waals surface area contributed by atoms with Crippen LogP contribution in [0, 0.1) is 5.92 Å². The van der Waals surface area contributed by atoms with Crippen LogP contribution in [0.5, 0.6) is 17.2 Å². The van der Waals surface area contributed by atoms with E-state index in [2.05, 4.69) is 19.2 Å². The first-order chi connectivity index (χ1) is 9.27. The number of nitrogens with one attached hydrogen (secondary N) is 1. The summed E-state index contributed by atoms with van der Waals surface area (Å²) in [4.78, 5) is 0. The van der Waals surface area contributed by atoms with Crippen LogP contribution in [0.1, 0.15) is 20.3 Å². The lowest BCUT2D eigenvalue weighted by Crippen LogP contribution is -3.00. The number of benzene rings is 1. The van der Waals surface area contributed by atoms with Gasteiger partial charge in [-0.25, -0.2) is 0 Å². The molecule has 4 nitrogen and oxygen atoms in total. The first kappa shape index (κ1) is 16.9. The molecule has 1 aromatic rings. The summed E-state index contributed by atoms with van der Waals surface area (Å²) in [5, 5.41) is 3.37. The largest absolute Gasteiger partial charge is 1.00 e. The van der Waals surface area contributed by atoms with Crippen molar-refractivity contribution >= 4 is 0 Å². The maximum Gasteiger partial charge on any atom is 0.203 e. The predicted octanol–water partition coefficient (Wildman–Crippen LogP) is -0.524. The van der Waals surface area contributed by atoms with Crippen LogP contribution in [0.4, 0.5) is 0 Å². The molecule has 2 rings (SSSR count). The van der Waals surface area contributed by atoms with Crippen LogP contribution in [0.15, 0.2) is 18.2 Å². The Bertz CT molecular complexity index is 399. The Morgan fingerprint density at radius 2 is 2.00 bits per heavy atom. The van der Waals surface area contributed by atoms with Crippen LogP contribution < -0.4 is 31.9 Å². The molecule has 0 radical (unpaired) electrons. The normalized spacial score (nSPS) is 12.9. The first-order valence-electron chi connectivity index (χ1n) is 6.99. The number of para-hydroxylation sites is 1. The van der Waals surface area contributed by atoms with E-state index in [4.69, 9.17) is 14.2 Å². The number of fused-ring (bicyclic) bond motifs is 1. The van der Waals surface area contributed by atoms with Crippen molar-refractivity contribution in [2.45, 2.75) is 20.3 Å². The van der Waals surface area contributed by atoms with Gasteiger partial charge in [-0.1, -0.05) is 19.9 Å². The smallest absolute Gasteiger partial charge is 0.203 e. The summed E-state index contributed by atoms with van der Waals surface area (Å²) < 4.78 is 16.9. The van der Waals surface area contributed by atoms with Crippen LogP contribution in [-0.2, 0) is 0 Å². The van der Waals surface area contributed by atoms with E-state index in [-0.39, 0.29) is 12.4 Å². The highest BCUT2D eigenvalue weighted by Crippen LogP contribution is 2.38. The van der Waals surface area contributed by atoms with Crippen LogP contribution in [-0.4, -0.2) is 32.9 Å². The average molecular weight is 301 g/mol. The van der Waals surface area contributed by atoms with E-state index in [1.54, 1.807) is 0 Å². The summed E-state index contributed by atoms with van der Waals surface area (Å²) in [7, 11) is 0. The molecule has 0 spiro atoms. The third-order valence-electron chi connectivity index (χ3n) is 2.96. The molecule has 1 aliphatic rings. The standard InChI is InChI=1S/C15H23NO3.ClH/c1-12(2)6-7-16-8-9-17-13-4-3-5-14-15(13)19-11-10-18-14;/h3-5,12,16H,6-11H2,1-2H3;1H/p-1. The Hall–Kier alpha value is -1.13. The lowest BCUT2D eigenvalue weighted by atomic mass is 10.1. The van der Waals surface area contributed by atoms with Crippen LogP contribution in [0.2, 0.25) is 0 Å². The van der Waals surface area contributed by atoms with Crippen LogP contribution in [0.3, 0.4) is 0 Å². The topological polar surface area (TPSA) is 39.7 Å². The van der Waals surface area contributed by atoms with E-state index >= 15 is 0 Å². The highest BCUT2D eigenvalue weighted by atomic mass is 35.5. The predicted molar refractivity (Wildman–Crippen MR) is 75.3 cm³/mol. The van der Waals surface area contributed by atoms with Crippen molar-refractivity contribution in [2.24, 2.45) is 5.92 Å². The minimum absolute atomic E-state index is 0. The van der Waals surface area contributed by atoms with Crippen molar-refractivity contribution in [3.05, 3.63) is 18.2 Å². The molecular weight excluding hydrogens is 278 g/mol. The summed E-state index contributed by atoms with van der Waals surface area (Å²) in [5.74, 6) is 3.01. The lowest BCUT2D eigenvalue weighted by molar-refractivity contribution is -0.00000510. The fraction of sp³-hybridized carbons (Fsp3) is 0.600. The molecule has 1 aliphatic heterocycles. The molecule has 20 heavy (non-hydrogen) atoms. The Kier molecular flexibility index (Phi) is 7.55. The zero-order valence-corrected chi connectivity index (χ0v) is 12.9. The zero-order valence-electron chi connectivity index (χ0n) is 12.2. The highest BCUT2D eigenvalue weighted by Gasteiger charge is 2.16. The van der Waals surface area contributed by atoms with Gasteiger partial charge < -0.3 is 31.9 Å². The van der Waals surface area contributed by atoms with Gasteiger partial charge in [-0.15, -0.1) is 0 Å². The van der Waals surface area contributed by atoms with Crippen LogP contribution >= 0.6 is 0 Å². The van der Waals surface area contributed by atoms with Gasteiger partial charge in [0.2, 0.25) is 5.75 Å². The van der Waals surface area contributed by atoms with E-state index in [1.807, 2.05) is 18.2 Å². The molecule has 0 aromatic heterocycles. The molecular formula is C15H23ClNO3-. The molecule has 5 heteroatoms. The summed E-state index contributed by atoms with van der Waals surface area (Å²) >= 11 is 0. The number of hydrogen-bond acceptors (Lipinski definition) is 4. The molecule has 0 amide bonds. The van der Waals surface area contributed by atoms with E-state index < -0.39 is 0 Å². The Morgan fingerprint density at radius 1 is 1.20 bits per heavy atom. The zero-order chi connectivity index (χ0) is 13.5. The molecule has 0 unspecified atom stereocenters. The van der Waals surface area contributed by atoms with Gasteiger partial charge in [-0.05, 0) is 31.0 Å². The molecule has 114 valence electrons. The SMILES string of the molecule is CC(C)CCNCCOc1cccc2c1OCCO2.[Cl-]. The number of ether oxygens (including phenoxy) is 3. The third-order valence-corrected chi connectivity index (χ3v) is 2.96. The van der Waals surface area contributed by atoms with E-state index in [1.165, 1.54) is 6.42 Å². The van der Waals surface area contributed by atoms with Crippen molar-refractivity contribution in [3.8, 4) is 17.2 Å². The van der Waals surface area contributed by atoms with Gasteiger partial charge in [0, 0.05) is 6.54 Å². The molecule has 0 bridgehead atoms. The molecule has 0 atom stereocenters. The summed E-state index contributed by atoms with van der Waals surface area (Å²) in [6.07, 6.45) is 1.19. The second-order valence-corrected chi connectivity index (χ2v) is 5.06. The Balaban J connectivity index is 0.00000200. The van der Waals surface area contributed by atoms with Crippen molar-refractivity contribution in [1.29, 1.82) is 0 Å². The number of halogens is 1. The van der Waals surface area contributed by atoms with Gasteiger partial charge in [0.25, 0.3) is 0 Å².